The van der Waals surface area contributed by atoms with Gasteiger partial charge in [0.05, 0.1) is 5.69 Å². The van der Waals surface area contributed by atoms with Gasteiger partial charge in [-0.1, -0.05) is 11.8 Å². The highest BCUT2D eigenvalue weighted by molar-refractivity contribution is 9.10. The van der Waals surface area contributed by atoms with Gasteiger partial charge in [-0.15, -0.1) is 11.3 Å². The Balaban J connectivity index is 1.67. The molecule has 0 radical (unpaired) electrons. The first-order valence-electron chi connectivity index (χ1n) is 6.69. The third-order valence-corrected chi connectivity index (χ3v) is 5.59. The zero-order valence-corrected chi connectivity index (χ0v) is 14.9. The van der Waals surface area contributed by atoms with E-state index < -0.39 is 0 Å². The Morgan fingerprint density at radius 1 is 1.26 bits per heavy atom. The second-order valence-electron chi connectivity index (χ2n) is 4.77. The van der Waals surface area contributed by atoms with Gasteiger partial charge in [0.2, 0.25) is 0 Å². The van der Waals surface area contributed by atoms with Gasteiger partial charge in [-0.3, -0.25) is 9.20 Å². The van der Waals surface area contributed by atoms with E-state index in [0.717, 1.165) is 25.4 Å². The number of fused-ring (bicyclic) bond motifs is 2. The fourth-order valence-electron chi connectivity index (χ4n) is 2.22. The standard InChI is InChI=1S/C15H9BrN4OS2/c16-9-1-2-12-19-10(5-13(21)20(12)6-9)7-23-15-11-3-4-22-14(11)17-8-18-15/h1-6,8H,7H2. The summed E-state index contributed by atoms with van der Waals surface area (Å²) < 4.78 is 2.37. The Labute approximate surface area is 147 Å². The van der Waals surface area contributed by atoms with E-state index in [1.165, 1.54) is 4.40 Å². The van der Waals surface area contributed by atoms with Crippen LogP contribution in [-0.2, 0) is 5.75 Å². The normalized spacial score (nSPS) is 11.3. The molecule has 4 aromatic rings. The first kappa shape index (κ1) is 14.8. The lowest BCUT2D eigenvalue weighted by Gasteiger charge is -2.05. The van der Waals surface area contributed by atoms with Crippen LogP contribution in [0.25, 0.3) is 15.9 Å². The number of nitrogens with zero attached hydrogens (tertiary/aromatic N) is 4. The molecular weight excluding hydrogens is 396 g/mol. The second kappa shape index (κ2) is 6.03. The van der Waals surface area contributed by atoms with Gasteiger partial charge in [0.15, 0.2) is 0 Å². The third kappa shape index (κ3) is 2.89. The highest BCUT2D eigenvalue weighted by Crippen LogP contribution is 2.29. The number of pyridine rings is 1. The molecule has 4 rings (SSSR count). The van der Waals surface area contributed by atoms with Crippen LogP contribution in [0.2, 0.25) is 0 Å². The molecule has 0 aliphatic carbocycles. The molecule has 0 atom stereocenters. The van der Waals surface area contributed by atoms with Crippen molar-refractivity contribution >= 4 is 54.9 Å². The molecule has 0 spiro atoms. The lowest BCUT2D eigenvalue weighted by Crippen LogP contribution is -2.15. The first-order chi connectivity index (χ1) is 11.2. The largest absolute Gasteiger partial charge is 0.269 e. The molecule has 0 saturated heterocycles. The average molecular weight is 405 g/mol. The molecule has 0 aliphatic rings. The molecule has 0 unspecified atom stereocenters. The van der Waals surface area contributed by atoms with E-state index in [9.17, 15) is 4.79 Å². The van der Waals surface area contributed by atoms with Gasteiger partial charge in [-0.25, -0.2) is 15.0 Å². The van der Waals surface area contributed by atoms with Gasteiger partial charge >= 0.3 is 0 Å². The molecule has 8 heteroatoms. The quantitative estimate of drug-likeness (QED) is 0.384. The number of aromatic nitrogens is 4. The minimum absolute atomic E-state index is 0.0877. The van der Waals surface area contributed by atoms with Gasteiger partial charge in [0, 0.05) is 27.9 Å². The van der Waals surface area contributed by atoms with Gasteiger partial charge < -0.3 is 0 Å². The van der Waals surface area contributed by atoms with Gasteiger partial charge in [0.25, 0.3) is 5.56 Å². The first-order valence-corrected chi connectivity index (χ1v) is 9.35. The summed E-state index contributed by atoms with van der Waals surface area (Å²) in [6.07, 6.45) is 3.29. The van der Waals surface area contributed by atoms with Gasteiger partial charge in [-0.05, 0) is 39.5 Å². The maximum absolute atomic E-state index is 12.2. The molecule has 0 aromatic carbocycles. The van der Waals surface area contributed by atoms with E-state index in [0.29, 0.717) is 11.4 Å². The summed E-state index contributed by atoms with van der Waals surface area (Å²) in [5, 5.41) is 3.96. The molecule has 23 heavy (non-hydrogen) atoms. The van der Waals surface area contributed by atoms with E-state index in [4.69, 9.17) is 0 Å². The summed E-state index contributed by atoms with van der Waals surface area (Å²) in [7, 11) is 0. The molecule has 0 bridgehead atoms. The van der Waals surface area contributed by atoms with Crippen molar-refractivity contribution < 1.29 is 0 Å². The summed E-state index contributed by atoms with van der Waals surface area (Å²) in [5.41, 5.74) is 1.29. The van der Waals surface area contributed by atoms with Crippen molar-refractivity contribution in [3.05, 3.63) is 62.7 Å². The molecule has 0 fully saturated rings. The van der Waals surface area contributed by atoms with Crippen LogP contribution in [0, 0.1) is 0 Å². The van der Waals surface area contributed by atoms with E-state index in [-0.39, 0.29) is 5.56 Å². The van der Waals surface area contributed by atoms with Crippen molar-refractivity contribution in [2.45, 2.75) is 10.8 Å². The molecule has 0 amide bonds. The van der Waals surface area contributed by atoms with Crippen molar-refractivity contribution in [1.29, 1.82) is 0 Å². The van der Waals surface area contributed by atoms with Crippen molar-refractivity contribution in [1.82, 2.24) is 19.4 Å². The third-order valence-electron chi connectivity index (χ3n) is 3.26. The molecule has 0 aliphatic heterocycles. The second-order valence-corrected chi connectivity index (χ2v) is 7.54. The molecule has 0 saturated carbocycles. The van der Waals surface area contributed by atoms with Crippen molar-refractivity contribution in [2.24, 2.45) is 0 Å². The molecule has 114 valence electrons. The minimum Gasteiger partial charge on any atom is -0.269 e. The molecule has 4 aromatic heterocycles. The molecule has 4 heterocycles. The van der Waals surface area contributed by atoms with Crippen LogP contribution >= 0.6 is 39.0 Å². The van der Waals surface area contributed by atoms with Crippen molar-refractivity contribution in [3.8, 4) is 0 Å². The highest BCUT2D eigenvalue weighted by Gasteiger charge is 2.08. The van der Waals surface area contributed by atoms with Crippen LogP contribution in [0.5, 0.6) is 0 Å². The summed E-state index contributed by atoms with van der Waals surface area (Å²) >= 11 is 6.52. The van der Waals surface area contributed by atoms with Gasteiger partial charge in [-0.2, -0.15) is 0 Å². The van der Waals surface area contributed by atoms with E-state index in [1.54, 1.807) is 41.7 Å². The van der Waals surface area contributed by atoms with Crippen LogP contribution in [0.3, 0.4) is 0 Å². The number of halogens is 1. The summed E-state index contributed by atoms with van der Waals surface area (Å²) in [6, 6.07) is 7.28. The lowest BCUT2D eigenvalue weighted by atomic mass is 10.4. The van der Waals surface area contributed by atoms with E-state index in [1.807, 2.05) is 23.6 Å². The van der Waals surface area contributed by atoms with Crippen molar-refractivity contribution in [3.63, 3.8) is 0 Å². The lowest BCUT2D eigenvalue weighted by molar-refractivity contribution is 1.00. The Morgan fingerprint density at radius 3 is 3.09 bits per heavy atom. The average Bonchev–Trinajstić information content (AvgIpc) is 3.03. The van der Waals surface area contributed by atoms with Crippen LogP contribution in [0.4, 0.5) is 0 Å². The fourth-order valence-corrected chi connectivity index (χ4v) is 4.23. The number of hydrogen-bond donors (Lipinski definition) is 0. The number of rotatable bonds is 3. The minimum atomic E-state index is -0.0877. The van der Waals surface area contributed by atoms with Crippen LogP contribution < -0.4 is 5.56 Å². The Hall–Kier alpha value is -1.77. The van der Waals surface area contributed by atoms with Gasteiger partial charge in [0.1, 0.15) is 21.8 Å². The van der Waals surface area contributed by atoms with Crippen molar-refractivity contribution in [2.75, 3.05) is 0 Å². The zero-order valence-electron chi connectivity index (χ0n) is 11.6. The topological polar surface area (TPSA) is 60.2 Å². The van der Waals surface area contributed by atoms with E-state index in [2.05, 4.69) is 30.9 Å². The summed E-state index contributed by atoms with van der Waals surface area (Å²) in [5.74, 6) is 0.587. The smallest absolute Gasteiger partial charge is 0.258 e. The summed E-state index contributed by atoms with van der Waals surface area (Å²) in [4.78, 5) is 26.3. The molecular formula is C15H9BrN4OS2. The number of thiophene rings is 1. The van der Waals surface area contributed by atoms with Crippen LogP contribution in [0.15, 0.2) is 56.5 Å². The SMILES string of the molecule is O=c1cc(CSc2ncnc3sccc23)nc2ccc(Br)cn12. The Kier molecular flexibility index (Phi) is 3.88. The predicted molar refractivity (Wildman–Crippen MR) is 96.1 cm³/mol. The maximum atomic E-state index is 12.2. The Bertz CT molecular complexity index is 1080. The number of thioether (sulfide) groups is 1. The fraction of sp³-hybridized carbons (Fsp3) is 0.0667. The molecule has 5 nitrogen and oxygen atoms in total. The molecule has 0 N–H and O–H groups in total. The van der Waals surface area contributed by atoms with E-state index >= 15 is 0 Å². The van der Waals surface area contributed by atoms with Crippen LogP contribution in [0.1, 0.15) is 5.69 Å². The predicted octanol–water partition coefficient (Wildman–Crippen LogP) is 3.75. The summed E-state index contributed by atoms with van der Waals surface area (Å²) in [6.45, 7) is 0. The highest BCUT2D eigenvalue weighted by atomic mass is 79.9. The Morgan fingerprint density at radius 2 is 2.17 bits per heavy atom. The zero-order chi connectivity index (χ0) is 15.8. The monoisotopic (exact) mass is 404 g/mol. The van der Waals surface area contributed by atoms with Crippen LogP contribution in [-0.4, -0.2) is 19.4 Å². The number of hydrogen-bond acceptors (Lipinski definition) is 6. The maximum Gasteiger partial charge on any atom is 0.258 e.